The Labute approximate surface area is 124 Å². The van der Waals surface area contributed by atoms with Crippen LogP contribution in [0.1, 0.15) is 34.1 Å². The molecule has 0 spiro atoms. The minimum absolute atomic E-state index is 0.0898. The zero-order valence-corrected chi connectivity index (χ0v) is 12.9. The summed E-state index contributed by atoms with van der Waals surface area (Å²) in [6, 6.07) is 8.35. The van der Waals surface area contributed by atoms with Crippen molar-refractivity contribution in [1.29, 1.82) is 0 Å². The van der Waals surface area contributed by atoms with E-state index < -0.39 is 0 Å². The number of anilines is 1. The molecule has 1 unspecified atom stereocenters. The molecule has 1 fully saturated rings. The van der Waals surface area contributed by atoms with Crippen molar-refractivity contribution in [3.8, 4) is 5.69 Å². The Balaban J connectivity index is 1.74. The summed E-state index contributed by atoms with van der Waals surface area (Å²) in [7, 11) is 0. The molecule has 2 heterocycles. The molecule has 1 atom stereocenters. The van der Waals surface area contributed by atoms with Gasteiger partial charge in [0.15, 0.2) is 0 Å². The second kappa shape index (κ2) is 4.80. The molecular weight excluding hydrogens is 266 g/mol. The van der Waals surface area contributed by atoms with Crippen LogP contribution in [0.3, 0.4) is 0 Å². The van der Waals surface area contributed by atoms with Crippen LogP contribution in [0.2, 0.25) is 0 Å². The van der Waals surface area contributed by atoms with E-state index in [9.17, 15) is 0 Å². The van der Waals surface area contributed by atoms with Crippen LogP contribution in [0.5, 0.6) is 0 Å². The first kappa shape index (κ1) is 14.0. The number of hydrogen-bond acceptors (Lipinski definition) is 5. The largest absolute Gasteiger partial charge is 0.379 e. The zero-order valence-electron chi connectivity index (χ0n) is 12.9. The van der Waals surface area contributed by atoms with Crippen LogP contribution in [-0.4, -0.2) is 37.5 Å². The maximum Gasteiger partial charge on any atom is 0.143 e. The molecule has 1 aromatic heterocycles. The van der Waals surface area contributed by atoms with Gasteiger partial charge in [-0.25, -0.2) is 4.68 Å². The molecule has 0 radical (unpaired) electrons. The van der Waals surface area contributed by atoms with Crippen LogP contribution in [-0.2, 0) is 4.74 Å². The summed E-state index contributed by atoms with van der Waals surface area (Å²) < 4.78 is 7.74. The molecule has 6 nitrogen and oxygen atoms in total. The minimum Gasteiger partial charge on any atom is -0.379 e. The van der Waals surface area contributed by atoms with E-state index in [1.807, 2.05) is 24.3 Å². The van der Waals surface area contributed by atoms with Crippen molar-refractivity contribution in [1.82, 2.24) is 20.2 Å². The monoisotopic (exact) mass is 287 g/mol. The second-order valence-electron chi connectivity index (χ2n) is 6.67. The van der Waals surface area contributed by atoms with Crippen LogP contribution in [0, 0.1) is 0 Å². The number of nitrogens with one attached hydrogen (secondary N) is 1. The van der Waals surface area contributed by atoms with Crippen LogP contribution in [0.25, 0.3) is 5.69 Å². The standard InChI is InChI=1S/C15H21N5O/c1-14(2)9-13(15(3,4)21-14)17-11-5-7-12(8-6-11)20-10-16-18-19-20/h5-8,10,13,17H,9H2,1-4H3. The van der Waals surface area contributed by atoms with Crippen molar-refractivity contribution in [3.05, 3.63) is 30.6 Å². The summed E-state index contributed by atoms with van der Waals surface area (Å²) >= 11 is 0. The van der Waals surface area contributed by atoms with Crippen LogP contribution in [0.4, 0.5) is 5.69 Å². The quantitative estimate of drug-likeness (QED) is 0.939. The maximum absolute atomic E-state index is 6.11. The number of aromatic nitrogens is 4. The topological polar surface area (TPSA) is 64.9 Å². The van der Waals surface area contributed by atoms with Crippen LogP contribution >= 0.6 is 0 Å². The van der Waals surface area contributed by atoms with Gasteiger partial charge in [-0.3, -0.25) is 0 Å². The van der Waals surface area contributed by atoms with Gasteiger partial charge in [-0.15, -0.1) is 5.10 Å². The third-order valence-corrected chi connectivity index (χ3v) is 3.90. The molecular formula is C15H21N5O. The fourth-order valence-electron chi connectivity index (χ4n) is 2.98. The van der Waals surface area contributed by atoms with E-state index in [-0.39, 0.29) is 17.2 Å². The van der Waals surface area contributed by atoms with Gasteiger partial charge in [-0.05, 0) is 68.8 Å². The molecule has 1 N–H and O–H groups in total. The Morgan fingerprint density at radius 2 is 1.90 bits per heavy atom. The molecule has 2 aromatic rings. The number of rotatable bonds is 3. The van der Waals surface area contributed by atoms with Gasteiger partial charge in [0.25, 0.3) is 0 Å². The van der Waals surface area contributed by atoms with E-state index in [1.54, 1.807) is 11.0 Å². The highest BCUT2D eigenvalue weighted by molar-refractivity contribution is 5.49. The maximum atomic E-state index is 6.11. The first-order valence-corrected chi connectivity index (χ1v) is 7.16. The van der Waals surface area contributed by atoms with E-state index in [1.165, 1.54) is 0 Å². The summed E-state index contributed by atoms with van der Waals surface area (Å²) in [6.45, 7) is 8.54. The van der Waals surface area contributed by atoms with E-state index >= 15 is 0 Å². The van der Waals surface area contributed by atoms with Crippen LogP contribution < -0.4 is 5.32 Å². The minimum atomic E-state index is -0.183. The lowest BCUT2D eigenvalue weighted by Crippen LogP contribution is -2.38. The Morgan fingerprint density at radius 3 is 2.43 bits per heavy atom. The highest BCUT2D eigenvalue weighted by atomic mass is 16.5. The molecule has 0 aliphatic carbocycles. The number of nitrogens with zero attached hydrogens (tertiary/aromatic N) is 4. The summed E-state index contributed by atoms with van der Waals surface area (Å²) in [4.78, 5) is 0. The molecule has 1 aliphatic heterocycles. The third kappa shape index (κ3) is 2.90. The molecule has 0 saturated carbocycles. The number of tetrazole rings is 1. The molecule has 6 heteroatoms. The van der Waals surface area contributed by atoms with Gasteiger partial charge < -0.3 is 10.1 Å². The Bertz CT molecular complexity index is 604. The Kier molecular flexibility index (Phi) is 3.20. The summed E-state index contributed by atoms with van der Waals surface area (Å²) in [5.41, 5.74) is 1.74. The lowest BCUT2D eigenvalue weighted by Gasteiger charge is -2.28. The molecule has 0 amide bonds. The van der Waals surface area contributed by atoms with Gasteiger partial charge in [0.05, 0.1) is 22.9 Å². The molecule has 1 aromatic carbocycles. The second-order valence-corrected chi connectivity index (χ2v) is 6.67. The van der Waals surface area contributed by atoms with Gasteiger partial charge in [0, 0.05) is 5.69 Å². The van der Waals surface area contributed by atoms with Crippen molar-refractivity contribution in [3.63, 3.8) is 0 Å². The molecule has 3 rings (SSSR count). The predicted molar refractivity (Wildman–Crippen MR) is 80.4 cm³/mol. The molecule has 112 valence electrons. The molecule has 0 bridgehead atoms. The molecule has 21 heavy (non-hydrogen) atoms. The van der Waals surface area contributed by atoms with Gasteiger partial charge in [0.1, 0.15) is 6.33 Å². The normalized spacial score (nSPS) is 23.1. The van der Waals surface area contributed by atoms with Crippen LogP contribution in [0.15, 0.2) is 30.6 Å². The van der Waals surface area contributed by atoms with E-state index in [0.29, 0.717) is 0 Å². The van der Waals surface area contributed by atoms with Gasteiger partial charge in [-0.1, -0.05) is 0 Å². The first-order chi connectivity index (χ1) is 9.86. The van der Waals surface area contributed by atoms with Crippen molar-refractivity contribution in [2.75, 3.05) is 5.32 Å². The fourth-order valence-corrected chi connectivity index (χ4v) is 2.98. The van der Waals surface area contributed by atoms with Gasteiger partial charge >= 0.3 is 0 Å². The highest BCUT2D eigenvalue weighted by Crippen LogP contribution is 2.38. The van der Waals surface area contributed by atoms with Crippen molar-refractivity contribution < 1.29 is 4.74 Å². The van der Waals surface area contributed by atoms with Gasteiger partial charge in [0.2, 0.25) is 0 Å². The smallest absolute Gasteiger partial charge is 0.143 e. The number of ether oxygens (including phenoxy) is 1. The van der Waals surface area contributed by atoms with E-state index in [2.05, 4.69) is 48.5 Å². The van der Waals surface area contributed by atoms with E-state index in [0.717, 1.165) is 17.8 Å². The first-order valence-electron chi connectivity index (χ1n) is 7.16. The number of hydrogen-bond donors (Lipinski definition) is 1. The summed E-state index contributed by atoms with van der Waals surface area (Å²) in [5.74, 6) is 0. The Hall–Kier alpha value is -1.95. The third-order valence-electron chi connectivity index (χ3n) is 3.90. The molecule has 1 saturated heterocycles. The van der Waals surface area contributed by atoms with Crippen molar-refractivity contribution in [2.24, 2.45) is 0 Å². The Morgan fingerprint density at radius 1 is 1.19 bits per heavy atom. The van der Waals surface area contributed by atoms with Crippen molar-refractivity contribution in [2.45, 2.75) is 51.4 Å². The number of benzene rings is 1. The molecule has 1 aliphatic rings. The SMILES string of the molecule is CC1(C)CC(Nc2ccc(-n3cnnn3)cc2)C(C)(C)O1. The fraction of sp³-hybridized carbons (Fsp3) is 0.533. The zero-order chi connectivity index (χ0) is 15.1. The van der Waals surface area contributed by atoms with Gasteiger partial charge in [-0.2, -0.15) is 0 Å². The average molecular weight is 287 g/mol. The summed E-state index contributed by atoms with van der Waals surface area (Å²) in [6.07, 6.45) is 2.56. The highest BCUT2D eigenvalue weighted by Gasteiger charge is 2.45. The van der Waals surface area contributed by atoms with Crippen molar-refractivity contribution >= 4 is 5.69 Å². The van der Waals surface area contributed by atoms with E-state index in [4.69, 9.17) is 4.74 Å². The average Bonchev–Trinajstić information content (AvgIpc) is 2.97. The summed E-state index contributed by atoms with van der Waals surface area (Å²) in [5, 5.41) is 14.7. The lowest BCUT2D eigenvalue weighted by atomic mass is 9.94. The lowest BCUT2D eigenvalue weighted by molar-refractivity contribution is -0.0662. The predicted octanol–water partition coefficient (Wildman–Crippen LogP) is 2.42.